The number of benzene rings is 2. The fourth-order valence-electron chi connectivity index (χ4n) is 1.63. The lowest BCUT2D eigenvalue weighted by molar-refractivity contribution is 0.627. The van der Waals surface area contributed by atoms with E-state index in [-0.39, 0.29) is 11.9 Å². The second-order valence-corrected chi connectivity index (χ2v) is 5.33. The minimum Gasteiger partial charge on any atom is -0.324 e. The molecule has 3 heteroatoms. The van der Waals surface area contributed by atoms with E-state index in [1.165, 1.54) is 17.0 Å². The summed E-state index contributed by atoms with van der Waals surface area (Å²) in [5.41, 5.74) is 8.11. The van der Waals surface area contributed by atoms with Gasteiger partial charge in [-0.15, -0.1) is 11.8 Å². The summed E-state index contributed by atoms with van der Waals surface area (Å²) in [7, 11) is 0. The number of halogens is 1. The van der Waals surface area contributed by atoms with Gasteiger partial charge in [-0.3, -0.25) is 0 Å². The zero-order valence-corrected chi connectivity index (χ0v) is 11.1. The van der Waals surface area contributed by atoms with Gasteiger partial charge in [0.1, 0.15) is 5.82 Å². The first-order valence-electron chi connectivity index (χ1n) is 5.88. The monoisotopic (exact) mass is 261 g/mol. The van der Waals surface area contributed by atoms with Gasteiger partial charge in [-0.2, -0.15) is 0 Å². The molecule has 0 heterocycles. The Balaban J connectivity index is 2.01. The number of hydrogen-bond acceptors (Lipinski definition) is 2. The van der Waals surface area contributed by atoms with Crippen molar-refractivity contribution in [3.63, 3.8) is 0 Å². The average Bonchev–Trinajstić information content (AvgIpc) is 2.38. The summed E-state index contributed by atoms with van der Waals surface area (Å²) in [6, 6.07) is 14.9. The lowest BCUT2D eigenvalue weighted by atomic mass is 10.1. The second-order valence-electron chi connectivity index (χ2n) is 4.28. The number of nitrogens with two attached hydrogens (primary N) is 1. The van der Waals surface area contributed by atoms with Crippen LogP contribution in [-0.4, -0.2) is 0 Å². The van der Waals surface area contributed by atoms with E-state index in [4.69, 9.17) is 5.73 Å². The lowest BCUT2D eigenvalue weighted by Crippen LogP contribution is -2.04. The van der Waals surface area contributed by atoms with Gasteiger partial charge in [0.15, 0.2) is 0 Å². The van der Waals surface area contributed by atoms with Gasteiger partial charge in [0.25, 0.3) is 0 Å². The molecule has 1 atom stereocenters. The van der Waals surface area contributed by atoms with Crippen LogP contribution in [0.4, 0.5) is 4.39 Å². The van der Waals surface area contributed by atoms with E-state index >= 15 is 0 Å². The fourth-order valence-corrected chi connectivity index (χ4v) is 2.55. The van der Waals surface area contributed by atoms with E-state index in [9.17, 15) is 4.39 Å². The van der Waals surface area contributed by atoms with Gasteiger partial charge in [-0.25, -0.2) is 4.39 Å². The van der Waals surface area contributed by atoms with Crippen molar-refractivity contribution in [2.75, 3.05) is 0 Å². The van der Waals surface area contributed by atoms with Crippen LogP contribution >= 0.6 is 11.8 Å². The normalized spacial score (nSPS) is 12.4. The van der Waals surface area contributed by atoms with Gasteiger partial charge in [0, 0.05) is 16.7 Å². The highest BCUT2D eigenvalue weighted by Gasteiger charge is 2.01. The molecule has 0 aliphatic heterocycles. The molecule has 0 spiro atoms. The van der Waals surface area contributed by atoms with Gasteiger partial charge in [-0.1, -0.05) is 24.3 Å². The summed E-state index contributed by atoms with van der Waals surface area (Å²) in [5, 5.41) is 0. The highest BCUT2D eigenvalue weighted by atomic mass is 32.2. The molecule has 0 aliphatic carbocycles. The third-order valence-electron chi connectivity index (χ3n) is 2.70. The van der Waals surface area contributed by atoms with E-state index in [1.54, 1.807) is 11.8 Å². The topological polar surface area (TPSA) is 26.0 Å². The molecular formula is C15H16FNS. The molecule has 18 heavy (non-hydrogen) atoms. The molecule has 2 aromatic rings. The molecule has 0 radical (unpaired) electrons. The van der Waals surface area contributed by atoms with Crippen LogP contribution < -0.4 is 5.73 Å². The Morgan fingerprint density at radius 2 is 1.89 bits per heavy atom. The SMILES string of the molecule is CC(N)c1cccc(SCc2ccc(F)cc2)c1. The molecule has 2 aromatic carbocycles. The quantitative estimate of drug-likeness (QED) is 0.837. The Labute approximate surface area is 111 Å². The van der Waals surface area contributed by atoms with Crippen molar-refractivity contribution in [1.82, 2.24) is 0 Å². The summed E-state index contributed by atoms with van der Waals surface area (Å²) in [4.78, 5) is 1.19. The molecule has 0 bridgehead atoms. The summed E-state index contributed by atoms with van der Waals surface area (Å²) in [6.45, 7) is 1.98. The van der Waals surface area contributed by atoms with Crippen LogP contribution in [0.15, 0.2) is 53.4 Å². The van der Waals surface area contributed by atoms with E-state index in [1.807, 2.05) is 31.2 Å². The lowest BCUT2D eigenvalue weighted by Gasteiger charge is -2.08. The van der Waals surface area contributed by atoms with Crippen LogP contribution in [0.5, 0.6) is 0 Å². The Hall–Kier alpha value is -1.32. The predicted octanol–water partition coefficient (Wildman–Crippen LogP) is 4.14. The van der Waals surface area contributed by atoms with Gasteiger partial charge < -0.3 is 5.73 Å². The first kappa shape index (κ1) is 13.1. The summed E-state index contributed by atoms with van der Waals surface area (Å²) < 4.78 is 12.8. The van der Waals surface area contributed by atoms with Crippen molar-refractivity contribution in [2.24, 2.45) is 5.73 Å². The molecule has 2 N–H and O–H groups in total. The number of thioether (sulfide) groups is 1. The third kappa shape index (κ3) is 3.59. The van der Waals surface area contributed by atoms with Gasteiger partial charge in [-0.05, 0) is 42.3 Å². The van der Waals surface area contributed by atoms with Gasteiger partial charge in [0.05, 0.1) is 0 Å². The summed E-state index contributed by atoms with van der Waals surface area (Å²) in [5.74, 6) is 0.644. The maximum Gasteiger partial charge on any atom is 0.123 e. The van der Waals surface area contributed by atoms with Crippen LogP contribution in [0.3, 0.4) is 0 Å². The summed E-state index contributed by atoms with van der Waals surface area (Å²) in [6.07, 6.45) is 0. The van der Waals surface area contributed by atoms with Crippen molar-refractivity contribution in [2.45, 2.75) is 23.6 Å². The highest BCUT2D eigenvalue weighted by Crippen LogP contribution is 2.25. The van der Waals surface area contributed by atoms with Crippen molar-refractivity contribution >= 4 is 11.8 Å². The Kier molecular flexibility index (Phi) is 4.39. The molecule has 0 aromatic heterocycles. The van der Waals surface area contributed by atoms with Gasteiger partial charge in [0.2, 0.25) is 0 Å². The molecular weight excluding hydrogens is 245 g/mol. The minimum absolute atomic E-state index is 0.0522. The van der Waals surface area contributed by atoms with Crippen LogP contribution in [0.25, 0.3) is 0 Å². The molecule has 94 valence electrons. The summed E-state index contributed by atoms with van der Waals surface area (Å²) >= 11 is 1.73. The predicted molar refractivity (Wildman–Crippen MR) is 75.0 cm³/mol. The first-order chi connectivity index (χ1) is 8.65. The first-order valence-corrected chi connectivity index (χ1v) is 6.86. The maximum atomic E-state index is 12.8. The van der Waals surface area contributed by atoms with Crippen molar-refractivity contribution in [3.05, 3.63) is 65.5 Å². The van der Waals surface area contributed by atoms with Crippen LogP contribution in [0.2, 0.25) is 0 Å². The third-order valence-corrected chi connectivity index (χ3v) is 3.77. The van der Waals surface area contributed by atoms with Crippen LogP contribution in [-0.2, 0) is 5.75 Å². The van der Waals surface area contributed by atoms with Crippen molar-refractivity contribution < 1.29 is 4.39 Å². The van der Waals surface area contributed by atoms with E-state index in [2.05, 4.69) is 12.1 Å². The minimum atomic E-state index is -0.192. The van der Waals surface area contributed by atoms with Crippen molar-refractivity contribution in [3.8, 4) is 0 Å². The maximum absolute atomic E-state index is 12.8. The molecule has 1 unspecified atom stereocenters. The van der Waals surface area contributed by atoms with Crippen LogP contribution in [0, 0.1) is 5.82 Å². The standard InChI is InChI=1S/C15H16FNS/c1-11(17)13-3-2-4-15(9-13)18-10-12-5-7-14(16)8-6-12/h2-9,11H,10,17H2,1H3. The Bertz CT molecular complexity index is 508. The molecule has 2 rings (SSSR count). The molecule has 0 amide bonds. The molecule has 1 nitrogen and oxygen atoms in total. The molecule has 0 saturated heterocycles. The zero-order chi connectivity index (χ0) is 13.0. The van der Waals surface area contributed by atoms with E-state index < -0.39 is 0 Å². The second kappa shape index (κ2) is 6.03. The average molecular weight is 261 g/mol. The van der Waals surface area contributed by atoms with E-state index in [0.717, 1.165) is 16.9 Å². The largest absolute Gasteiger partial charge is 0.324 e. The number of hydrogen-bond donors (Lipinski definition) is 1. The molecule has 0 saturated carbocycles. The number of rotatable bonds is 4. The molecule has 0 fully saturated rings. The molecule has 0 aliphatic rings. The fraction of sp³-hybridized carbons (Fsp3) is 0.200. The highest BCUT2D eigenvalue weighted by molar-refractivity contribution is 7.98. The van der Waals surface area contributed by atoms with Crippen LogP contribution in [0.1, 0.15) is 24.1 Å². The Morgan fingerprint density at radius 1 is 1.17 bits per heavy atom. The van der Waals surface area contributed by atoms with E-state index in [0.29, 0.717) is 0 Å². The smallest absolute Gasteiger partial charge is 0.123 e. The Morgan fingerprint density at radius 3 is 2.56 bits per heavy atom. The van der Waals surface area contributed by atoms with Gasteiger partial charge >= 0.3 is 0 Å². The zero-order valence-electron chi connectivity index (χ0n) is 10.3. The van der Waals surface area contributed by atoms with Crippen molar-refractivity contribution in [1.29, 1.82) is 0 Å².